The van der Waals surface area contributed by atoms with Crippen molar-refractivity contribution in [3.05, 3.63) is 56.6 Å². The molecule has 1 N–H and O–H groups in total. The van der Waals surface area contributed by atoms with Crippen molar-refractivity contribution in [2.45, 2.75) is 6.54 Å². The maximum absolute atomic E-state index is 6.08. The molecule has 2 aromatic rings. The number of halogens is 2. The van der Waals surface area contributed by atoms with Crippen molar-refractivity contribution in [2.24, 2.45) is 0 Å². The van der Waals surface area contributed by atoms with Crippen molar-refractivity contribution >= 4 is 34.2 Å². The minimum atomic E-state index is 0.674. The number of benzene rings is 2. The van der Waals surface area contributed by atoms with E-state index in [0.717, 1.165) is 27.2 Å². The van der Waals surface area contributed by atoms with Crippen LogP contribution in [0.25, 0.3) is 0 Å². The summed E-state index contributed by atoms with van der Waals surface area (Å²) in [4.78, 5) is 0. The summed E-state index contributed by atoms with van der Waals surface area (Å²) in [5, 5.41) is 4.00. The van der Waals surface area contributed by atoms with E-state index >= 15 is 0 Å². The molecule has 0 aliphatic rings. The first-order valence-electron chi connectivity index (χ1n) is 6.60. The Morgan fingerprint density at radius 3 is 2.81 bits per heavy atom. The summed E-state index contributed by atoms with van der Waals surface area (Å²) < 4.78 is 12.1. The third kappa shape index (κ3) is 5.47. The lowest BCUT2D eigenvalue weighted by atomic mass is 10.2. The van der Waals surface area contributed by atoms with E-state index in [-0.39, 0.29) is 0 Å². The van der Waals surface area contributed by atoms with E-state index in [1.54, 1.807) is 7.11 Å². The molecule has 0 bridgehead atoms. The Morgan fingerprint density at radius 2 is 2.05 bits per heavy atom. The van der Waals surface area contributed by atoms with Gasteiger partial charge in [0.05, 0.1) is 6.61 Å². The van der Waals surface area contributed by atoms with Crippen molar-refractivity contribution in [3.8, 4) is 11.5 Å². The number of nitrogens with one attached hydrogen (secondary N) is 1. The highest BCUT2D eigenvalue weighted by atomic mass is 127. The lowest BCUT2D eigenvalue weighted by Crippen LogP contribution is -2.18. The molecule has 0 heterocycles. The molecule has 0 atom stereocenters. The summed E-state index contributed by atoms with van der Waals surface area (Å²) >= 11 is 8.34. The highest BCUT2D eigenvalue weighted by Crippen LogP contribution is 2.28. The van der Waals surface area contributed by atoms with E-state index in [2.05, 4.69) is 27.9 Å². The lowest BCUT2D eigenvalue weighted by molar-refractivity contribution is 0.199. The van der Waals surface area contributed by atoms with Crippen LogP contribution in [0.3, 0.4) is 0 Å². The van der Waals surface area contributed by atoms with Crippen LogP contribution < -0.4 is 10.1 Å². The molecule has 2 aromatic carbocycles. The van der Waals surface area contributed by atoms with Gasteiger partial charge in [-0.1, -0.05) is 17.7 Å². The zero-order chi connectivity index (χ0) is 15.1. The molecule has 2 rings (SSSR count). The van der Waals surface area contributed by atoms with E-state index in [1.807, 2.05) is 42.5 Å². The van der Waals surface area contributed by atoms with Gasteiger partial charge in [-0.2, -0.15) is 0 Å². The molecule has 0 aromatic heterocycles. The highest BCUT2D eigenvalue weighted by Gasteiger charge is 2.06. The molecule has 0 radical (unpaired) electrons. The van der Waals surface area contributed by atoms with Crippen LogP contribution in [-0.2, 0) is 11.3 Å². The molecular weight excluding hydrogens is 401 g/mol. The molecule has 0 saturated heterocycles. The summed E-state index contributed by atoms with van der Waals surface area (Å²) in [6, 6.07) is 13.6. The third-order valence-corrected chi connectivity index (χ3v) is 3.75. The molecule has 21 heavy (non-hydrogen) atoms. The van der Waals surface area contributed by atoms with E-state index in [4.69, 9.17) is 21.1 Å². The Hall–Kier alpha value is -0.820. The molecular formula is C16H17ClINO2. The first-order valence-corrected chi connectivity index (χ1v) is 8.06. The summed E-state index contributed by atoms with van der Waals surface area (Å²) in [7, 11) is 1.69. The van der Waals surface area contributed by atoms with Gasteiger partial charge in [0.2, 0.25) is 0 Å². The van der Waals surface area contributed by atoms with Gasteiger partial charge in [-0.05, 0) is 59.0 Å². The highest BCUT2D eigenvalue weighted by molar-refractivity contribution is 14.1. The summed E-state index contributed by atoms with van der Waals surface area (Å²) in [6.45, 7) is 2.14. The SMILES string of the molecule is COCCNCc1cc(Cl)ccc1Oc1cccc(I)c1. The fourth-order valence-corrected chi connectivity index (χ4v) is 2.55. The maximum atomic E-state index is 6.08. The Labute approximate surface area is 143 Å². The monoisotopic (exact) mass is 417 g/mol. The van der Waals surface area contributed by atoms with Crippen molar-refractivity contribution in [3.63, 3.8) is 0 Å². The van der Waals surface area contributed by atoms with E-state index in [9.17, 15) is 0 Å². The van der Waals surface area contributed by atoms with E-state index in [0.29, 0.717) is 18.2 Å². The number of ether oxygens (including phenoxy) is 2. The van der Waals surface area contributed by atoms with Gasteiger partial charge in [0.25, 0.3) is 0 Å². The van der Waals surface area contributed by atoms with Gasteiger partial charge in [-0.3, -0.25) is 0 Å². The molecule has 5 heteroatoms. The van der Waals surface area contributed by atoms with Crippen LogP contribution in [0.2, 0.25) is 5.02 Å². The fourth-order valence-electron chi connectivity index (χ4n) is 1.84. The second kappa shape index (κ2) is 8.58. The van der Waals surface area contributed by atoms with Gasteiger partial charge in [-0.25, -0.2) is 0 Å². The zero-order valence-electron chi connectivity index (χ0n) is 11.7. The number of hydrogen-bond acceptors (Lipinski definition) is 3. The minimum Gasteiger partial charge on any atom is -0.457 e. The molecule has 0 spiro atoms. The van der Waals surface area contributed by atoms with Gasteiger partial charge >= 0.3 is 0 Å². The average Bonchev–Trinajstić information content (AvgIpc) is 2.46. The fraction of sp³-hybridized carbons (Fsp3) is 0.250. The predicted molar refractivity (Wildman–Crippen MR) is 94.3 cm³/mol. The Bertz CT molecular complexity index is 592. The van der Waals surface area contributed by atoms with Crippen LogP contribution in [0.4, 0.5) is 0 Å². The van der Waals surface area contributed by atoms with E-state index in [1.165, 1.54) is 0 Å². The predicted octanol–water partition coefficient (Wildman–Crippen LogP) is 4.47. The van der Waals surface area contributed by atoms with Gasteiger partial charge < -0.3 is 14.8 Å². The molecule has 0 fully saturated rings. The van der Waals surface area contributed by atoms with Crippen molar-refractivity contribution in [2.75, 3.05) is 20.3 Å². The number of rotatable bonds is 7. The molecule has 0 amide bonds. The first-order chi connectivity index (χ1) is 10.2. The maximum Gasteiger partial charge on any atom is 0.132 e. The van der Waals surface area contributed by atoms with Gasteiger partial charge in [0.1, 0.15) is 11.5 Å². The Balaban J connectivity index is 2.10. The zero-order valence-corrected chi connectivity index (χ0v) is 14.6. The Morgan fingerprint density at radius 1 is 1.19 bits per heavy atom. The quantitative estimate of drug-likeness (QED) is 0.532. The van der Waals surface area contributed by atoms with Gasteiger partial charge in [-0.15, -0.1) is 0 Å². The molecule has 3 nitrogen and oxygen atoms in total. The second-order valence-electron chi connectivity index (χ2n) is 4.48. The van der Waals surface area contributed by atoms with Crippen molar-refractivity contribution in [1.29, 1.82) is 0 Å². The lowest BCUT2D eigenvalue weighted by Gasteiger charge is -2.12. The van der Waals surface area contributed by atoms with Gasteiger partial charge in [0.15, 0.2) is 0 Å². The smallest absolute Gasteiger partial charge is 0.132 e. The second-order valence-corrected chi connectivity index (χ2v) is 6.16. The number of methoxy groups -OCH3 is 1. The van der Waals surface area contributed by atoms with Crippen LogP contribution in [0.5, 0.6) is 11.5 Å². The summed E-state index contributed by atoms with van der Waals surface area (Å²) in [6.07, 6.45) is 0. The van der Waals surface area contributed by atoms with Crippen LogP contribution in [-0.4, -0.2) is 20.3 Å². The largest absolute Gasteiger partial charge is 0.457 e. The summed E-state index contributed by atoms with van der Waals surface area (Å²) in [5.74, 6) is 1.63. The van der Waals surface area contributed by atoms with Crippen LogP contribution in [0.15, 0.2) is 42.5 Å². The average molecular weight is 418 g/mol. The molecule has 0 saturated carbocycles. The first kappa shape index (κ1) is 16.5. The molecule has 0 aliphatic carbocycles. The molecule has 112 valence electrons. The van der Waals surface area contributed by atoms with Gasteiger partial charge in [0, 0.05) is 34.4 Å². The molecule has 0 unspecified atom stereocenters. The van der Waals surface area contributed by atoms with E-state index < -0.39 is 0 Å². The minimum absolute atomic E-state index is 0.674. The third-order valence-electron chi connectivity index (χ3n) is 2.84. The molecule has 0 aliphatic heterocycles. The normalized spacial score (nSPS) is 10.6. The number of hydrogen-bond donors (Lipinski definition) is 1. The van der Waals surface area contributed by atoms with Crippen LogP contribution >= 0.6 is 34.2 Å². The standard InChI is InChI=1S/C16H17ClINO2/c1-20-8-7-19-11-12-9-13(17)5-6-16(12)21-15-4-2-3-14(18)10-15/h2-6,9-10,19H,7-8,11H2,1H3. The van der Waals surface area contributed by atoms with Crippen LogP contribution in [0.1, 0.15) is 5.56 Å². The van der Waals surface area contributed by atoms with Crippen LogP contribution in [0, 0.1) is 3.57 Å². The van der Waals surface area contributed by atoms with Crippen molar-refractivity contribution in [1.82, 2.24) is 5.32 Å². The topological polar surface area (TPSA) is 30.5 Å². The Kier molecular flexibility index (Phi) is 6.76. The van der Waals surface area contributed by atoms with Crippen molar-refractivity contribution < 1.29 is 9.47 Å². The summed E-state index contributed by atoms with van der Waals surface area (Å²) in [5.41, 5.74) is 1.03.